The van der Waals surface area contributed by atoms with Crippen molar-refractivity contribution >= 4 is 0 Å². The van der Waals surface area contributed by atoms with Gasteiger partial charge >= 0.3 is 0 Å². The van der Waals surface area contributed by atoms with Gasteiger partial charge in [0.05, 0.1) is 24.9 Å². The second-order valence-corrected chi connectivity index (χ2v) is 7.80. The van der Waals surface area contributed by atoms with Gasteiger partial charge in [-0.15, -0.1) is 0 Å². The van der Waals surface area contributed by atoms with Crippen molar-refractivity contribution in [3.05, 3.63) is 112 Å². The summed E-state index contributed by atoms with van der Waals surface area (Å²) in [6.07, 6.45) is 5.86. The van der Waals surface area contributed by atoms with Crippen molar-refractivity contribution in [2.24, 2.45) is 0 Å². The molecule has 6 heteroatoms. The number of furan rings is 1. The second kappa shape index (κ2) is 8.32. The molecule has 0 atom stereocenters. The van der Waals surface area contributed by atoms with E-state index < -0.39 is 5.82 Å². The maximum absolute atomic E-state index is 14.6. The SMILES string of the molecule is O=c1c(-c2ccccc2F)cc2c(n1Cc1ccncc1)CCN(Cc1ccco1)C2. The lowest BCUT2D eigenvalue weighted by molar-refractivity contribution is 0.221. The lowest BCUT2D eigenvalue weighted by Gasteiger charge is -2.30. The normalized spacial score (nSPS) is 13.8. The van der Waals surface area contributed by atoms with Crippen LogP contribution in [0.25, 0.3) is 11.1 Å². The highest BCUT2D eigenvalue weighted by molar-refractivity contribution is 5.64. The maximum Gasteiger partial charge on any atom is 0.259 e. The Morgan fingerprint density at radius 2 is 1.84 bits per heavy atom. The minimum Gasteiger partial charge on any atom is -0.468 e. The molecule has 1 aromatic carbocycles. The molecule has 0 bridgehead atoms. The van der Waals surface area contributed by atoms with E-state index in [2.05, 4.69) is 9.88 Å². The maximum atomic E-state index is 14.6. The van der Waals surface area contributed by atoms with E-state index >= 15 is 0 Å². The molecule has 1 aliphatic rings. The van der Waals surface area contributed by atoms with Crippen molar-refractivity contribution < 1.29 is 8.81 Å². The monoisotopic (exact) mass is 415 g/mol. The van der Waals surface area contributed by atoms with Crippen molar-refractivity contribution in [1.82, 2.24) is 14.5 Å². The average molecular weight is 415 g/mol. The van der Waals surface area contributed by atoms with E-state index in [1.54, 1.807) is 41.4 Å². The molecule has 1 aliphatic heterocycles. The number of aromatic nitrogens is 2. The molecule has 0 aliphatic carbocycles. The Bertz CT molecular complexity index is 1250. The Balaban J connectivity index is 1.59. The van der Waals surface area contributed by atoms with Gasteiger partial charge < -0.3 is 8.98 Å². The van der Waals surface area contributed by atoms with Crippen LogP contribution in [-0.4, -0.2) is 21.0 Å². The molecule has 0 N–H and O–H groups in total. The molecule has 0 amide bonds. The van der Waals surface area contributed by atoms with E-state index in [0.29, 0.717) is 30.8 Å². The quantitative estimate of drug-likeness (QED) is 0.489. The van der Waals surface area contributed by atoms with Crippen LogP contribution in [0, 0.1) is 5.82 Å². The van der Waals surface area contributed by atoms with Crippen LogP contribution in [0.3, 0.4) is 0 Å². The Morgan fingerprint density at radius 1 is 1.00 bits per heavy atom. The van der Waals surface area contributed by atoms with Crippen molar-refractivity contribution in [1.29, 1.82) is 0 Å². The summed E-state index contributed by atoms with van der Waals surface area (Å²) in [6, 6.07) is 16.0. The Labute approximate surface area is 179 Å². The molecule has 4 aromatic rings. The lowest BCUT2D eigenvalue weighted by Crippen LogP contribution is -2.36. The summed E-state index contributed by atoms with van der Waals surface area (Å²) in [5, 5.41) is 0. The molecule has 156 valence electrons. The zero-order valence-corrected chi connectivity index (χ0v) is 17.0. The summed E-state index contributed by atoms with van der Waals surface area (Å²) >= 11 is 0. The summed E-state index contributed by atoms with van der Waals surface area (Å²) in [7, 11) is 0. The molecular weight excluding hydrogens is 393 g/mol. The minimum absolute atomic E-state index is 0.167. The summed E-state index contributed by atoms with van der Waals surface area (Å²) in [5.74, 6) is 0.515. The van der Waals surface area contributed by atoms with Gasteiger partial charge in [0.2, 0.25) is 0 Å². The lowest BCUT2D eigenvalue weighted by atomic mass is 9.98. The highest BCUT2D eigenvalue weighted by Crippen LogP contribution is 2.26. The van der Waals surface area contributed by atoms with E-state index in [1.807, 2.05) is 30.3 Å². The number of fused-ring (bicyclic) bond motifs is 1. The van der Waals surface area contributed by atoms with Gasteiger partial charge in [-0.1, -0.05) is 18.2 Å². The first kappa shape index (κ1) is 19.5. The van der Waals surface area contributed by atoms with Crippen LogP contribution in [-0.2, 0) is 26.1 Å². The Morgan fingerprint density at radius 3 is 2.61 bits per heavy atom. The van der Waals surface area contributed by atoms with Crippen LogP contribution in [0.15, 0.2) is 82.5 Å². The van der Waals surface area contributed by atoms with E-state index in [4.69, 9.17) is 4.42 Å². The van der Waals surface area contributed by atoms with Gasteiger partial charge in [-0.3, -0.25) is 14.7 Å². The number of pyridine rings is 2. The molecule has 3 aromatic heterocycles. The molecule has 0 saturated heterocycles. The molecule has 0 spiro atoms. The number of halogens is 1. The molecule has 31 heavy (non-hydrogen) atoms. The average Bonchev–Trinajstić information content (AvgIpc) is 3.30. The molecule has 5 rings (SSSR count). The van der Waals surface area contributed by atoms with Crippen LogP contribution < -0.4 is 5.56 Å². The van der Waals surface area contributed by atoms with Crippen LogP contribution in [0.2, 0.25) is 0 Å². The standard InChI is InChI=1S/C25H22FN3O2/c26-23-6-2-1-5-21(23)22-14-19-16-28(17-20-4-3-13-31-20)12-9-24(19)29(25(22)30)15-18-7-10-27-11-8-18/h1-8,10-11,13-14H,9,12,15-17H2. The largest absolute Gasteiger partial charge is 0.468 e. The first-order valence-corrected chi connectivity index (χ1v) is 10.3. The van der Waals surface area contributed by atoms with Gasteiger partial charge in [-0.05, 0) is 47.5 Å². The van der Waals surface area contributed by atoms with Gasteiger partial charge in [0, 0.05) is 43.2 Å². The zero-order chi connectivity index (χ0) is 21.2. The van der Waals surface area contributed by atoms with E-state index in [-0.39, 0.29) is 5.56 Å². The summed E-state index contributed by atoms with van der Waals surface area (Å²) in [5.41, 5.74) is 3.61. The third kappa shape index (κ3) is 3.94. The number of rotatable bonds is 5. The molecule has 0 saturated carbocycles. The predicted octanol–water partition coefficient (Wildman–Crippen LogP) is 4.25. The molecular formula is C25H22FN3O2. The van der Waals surface area contributed by atoms with Crippen LogP contribution in [0.1, 0.15) is 22.6 Å². The molecule has 0 radical (unpaired) electrons. The molecule has 5 nitrogen and oxygen atoms in total. The number of nitrogens with zero attached hydrogens (tertiary/aromatic N) is 3. The van der Waals surface area contributed by atoms with Gasteiger partial charge in [0.15, 0.2) is 0 Å². The van der Waals surface area contributed by atoms with Crippen molar-refractivity contribution in [3.63, 3.8) is 0 Å². The fourth-order valence-electron chi connectivity index (χ4n) is 4.25. The molecule has 4 heterocycles. The first-order chi connectivity index (χ1) is 15.2. The number of hydrogen-bond donors (Lipinski definition) is 0. The summed E-state index contributed by atoms with van der Waals surface area (Å²) < 4.78 is 21.9. The van der Waals surface area contributed by atoms with Crippen LogP contribution in [0.5, 0.6) is 0 Å². The predicted molar refractivity (Wildman–Crippen MR) is 116 cm³/mol. The molecule has 0 unspecified atom stereocenters. The van der Waals surface area contributed by atoms with E-state index in [0.717, 1.165) is 35.5 Å². The highest BCUT2D eigenvalue weighted by Gasteiger charge is 2.24. The fourth-order valence-corrected chi connectivity index (χ4v) is 4.25. The smallest absolute Gasteiger partial charge is 0.259 e. The number of benzene rings is 1. The zero-order valence-electron chi connectivity index (χ0n) is 17.0. The van der Waals surface area contributed by atoms with Crippen molar-refractivity contribution in [2.75, 3.05) is 6.54 Å². The van der Waals surface area contributed by atoms with Gasteiger partial charge in [-0.25, -0.2) is 4.39 Å². The third-order valence-corrected chi connectivity index (χ3v) is 5.76. The minimum atomic E-state index is -0.390. The highest BCUT2D eigenvalue weighted by atomic mass is 19.1. The number of hydrogen-bond acceptors (Lipinski definition) is 4. The Kier molecular flexibility index (Phi) is 5.22. The van der Waals surface area contributed by atoms with Gasteiger partial charge in [-0.2, -0.15) is 0 Å². The summed E-state index contributed by atoms with van der Waals surface area (Å²) in [6.45, 7) is 2.63. The first-order valence-electron chi connectivity index (χ1n) is 10.3. The van der Waals surface area contributed by atoms with Crippen LogP contribution >= 0.6 is 0 Å². The molecule has 0 fully saturated rings. The third-order valence-electron chi connectivity index (χ3n) is 5.76. The van der Waals surface area contributed by atoms with Gasteiger partial charge in [0.25, 0.3) is 5.56 Å². The van der Waals surface area contributed by atoms with E-state index in [1.165, 1.54) is 6.07 Å². The second-order valence-electron chi connectivity index (χ2n) is 7.80. The van der Waals surface area contributed by atoms with E-state index in [9.17, 15) is 9.18 Å². The Hall–Kier alpha value is -3.51. The topological polar surface area (TPSA) is 51.3 Å². The van der Waals surface area contributed by atoms with Crippen molar-refractivity contribution in [3.8, 4) is 11.1 Å². The van der Waals surface area contributed by atoms with Crippen molar-refractivity contribution in [2.45, 2.75) is 26.1 Å². The fraction of sp³-hybridized carbons (Fsp3) is 0.200. The summed E-state index contributed by atoms with van der Waals surface area (Å²) in [4.78, 5) is 19.8. The van der Waals surface area contributed by atoms with Crippen LogP contribution in [0.4, 0.5) is 4.39 Å². The van der Waals surface area contributed by atoms with Gasteiger partial charge in [0.1, 0.15) is 11.6 Å².